The van der Waals surface area contributed by atoms with Crippen molar-refractivity contribution in [2.24, 2.45) is 5.92 Å². The van der Waals surface area contributed by atoms with Crippen LogP contribution in [0.15, 0.2) is 40.8 Å². The number of fused-ring (bicyclic) bond motifs is 1. The van der Waals surface area contributed by atoms with Crippen molar-refractivity contribution in [3.63, 3.8) is 0 Å². The Kier molecular flexibility index (Phi) is 6.27. The van der Waals surface area contributed by atoms with E-state index in [0.717, 1.165) is 25.9 Å². The van der Waals surface area contributed by atoms with Gasteiger partial charge < -0.3 is 4.90 Å². The lowest BCUT2D eigenvalue weighted by molar-refractivity contribution is -0.131. The molecule has 1 unspecified atom stereocenters. The fourth-order valence-electron chi connectivity index (χ4n) is 3.25. The van der Waals surface area contributed by atoms with E-state index in [0.29, 0.717) is 33.5 Å². The number of aromatic nitrogens is 2. The fraction of sp³-hybridized carbons (Fsp3) is 0.450. The number of carbonyl (C=O) groups excluding carboxylic acids is 1. The highest BCUT2D eigenvalue weighted by Crippen LogP contribution is 2.26. The molecule has 0 bridgehead atoms. The van der Waals surface area contributed by atoms with Gasteiger partial charge in [0.2, 0.25) is 5.91 Å². The smallest absolute Gasteiger partial charge is 0.262 e. The van der Waals surface area contributed by atoms with Gasteiger partial charge in [-0.05, 0) is 43.9 Å². The van der Waals surface area contributed by atoms with Crippen LogP contribution in [0.2, 0.25) is 5.02 Å². The predicted molar refractivity (Wildman–Crippen MR) is 112 cm³/mol. The fourth-order valence-corrected chi connectivity index (χ4v) is 4.42. The predicted octanol–water partition coefficient (Wildman–Crippen LogP) is 3.98. The van der Waals surface area contributed by atoms with Crippen molar-refractivity contribution in [3.05, 3.63) is 46.2 Å². The second-order valence-electron chi connectivity index (χ2n) is 7.03. The molecular weight excluding hydrogens is 382 g/mol. The Labute approximate surface area is 168 Å². The van der Waals surface area contributed by atoms with Gasteiger partial charge in [-0.1, -0.05) is 36.4 Å². The van der Waals surface area contributed by atoms with Crippen LogP contribution in [0.25, 0.3) is 10.9 Å². The number of likely N-dealkylation sites (tertiary alicyclic amines) is 1. The van der Waals surface area contributed by atoms with E-state index in [1.807, 2.05) is 11.8 Å². The zero-order valence-electron chi connectivity index (χ0n) is 15.7. The van der Waals surface area contributed by atoms with E-state index >= 15 is 0 Å². The van der Waals surface area contributed by atoms with Crippen LogP contribution in [0.5, 0.6) is 0 Å². The van der Waals surface area contributed by atoms with Crippen LogP contribution in [0.4, 0.5) is 0 Å². The number of nitrogens with zero attached hydrogens (tertiary/aromatic N) is 3. The molecule has 27 heavy (non-hydrogen) atoms. The molecule has 1 amide bonds. The van der Waals surface area contributed by atoms with Crippen molar-refractivity contribution in [1.29, 1.82) is 0 Å². The normalized spacial score (nSPS) is 16.5. The molecule has 2 heterocycles. The largest absolute Gasteiger partial charge is 0.342 e. The molecule has 1 saturated heterocycles. The molecular formula is C20H24ClN3O2S. The maximum absolute atomic E-state index is 12.9. The summed E-state index contributed by atoms with van der Waals surface area (Å²) in [6.07, 6.45) is 3.74. The zero-order valence-corrected chi connectivity index (χ0v) is 17.2. The van der Waals surface area contributed by atoms with Gasteiger partial charge in [-0.3, -0.25) is 14.2 Å². The third kappa shape index (κ3) is 4.38. The van der Waals surface area contributed by atoms with Gasteiger partial charge in [0, 0.05) is 24.7 Å². The van der Waals surface area contributed by atoms with Crippen molar-refractivity contribution >= 4 is 40.2 Å². The van der Waals surface area contributed by atoms with Gasteiger partial charge in [0.15, 0.2) is 5.16 Å². The Morgan fingerprint density at radius 3 is 2.81 bits per heavy atom. The first kappa shape index (κ1) is 20.0. The lowest BCUT2D eigenvalue weighted by atomic mass is 9.99. The number of rotatable bonds is 5. The van der Waals surface area contributed by atoms with Gasteiger partial charge in [-0.2, -0.15) is 0 Å². The molecule has 0 spiro atoms. The molecule has 0 saturated carbocycles. The molecule has 0 radical (unpaired) electrons. The van der Waals surface area contributed by atoms with Crippen LogP contribution >= 0.6 is 23.4 Å². The molecule has 1 aliphatic heterocycles. The maximum atomic E-state index is 12.9. The standard InChI is InChI=1S/C20H24ClN3O2S/c1-4-9-24-19(26)16-6-5-15(21)12-17(16)22-20(24)27-14(3)18(25)23-10-7-13(2)8-11-23/h4-6,12-14H,1,7-11H2,2-3H3. The van der Waals surface area contributed by atoms with Gasteiger partial charge in [0.25, 0.3) is 5.56 Å². The molecule has 3 rings (SSSR count). The average Bonchev–Trinajstić information content (AvgIpc) is 2.64. The summed E-state index contributed by atoms with van der Waals surface area (Å²) >= 11 is 7.38. The molecule has 0 aliphatic carbocycles. The van der Waals surface area contributed by atoms with Crippen molar-refractivity contribution in [1.82, 2.24) is 14.5 Å². The first-order chi connectivity index (χ1) is 12.9. The van der Waals surface area contributed by atoms with Crippen molar-refractivity contribution in [2.75, 3.05) is 13.1 Å². The second-order valence-corrected chi connectivity index (χ2v) is 8.77. The Hall–Kier alpha value is -1.79. The lowest BCUT2D eigenvalue weighted by Crippen LogP contribution is -2.42. The highest BCUT2D eigenvalue weighted by molar-refractivity contribution is 8.00. The number of amides is 1. The van der Waals surface area contributed by atoms with Crippen LogP contribution < -0.4 is 5.56 Å². The van der Waals surface area contributed by atoms with E-state index in [1.54, 1.807) is 28.8 Å². The average molecular weight is 406 g/mol. The highest BCUT2D eigenvalue weighted by atomic mass is 35.5. The third-order valence-electron chi connectivity index (χ3n) is 4.92. The summed E-state index contributed by atoms with van der Waals surface area (Å²) in [4.78, 5) is 32.2. The number of allylic oxidation sites excluding steroid dienone is 1. The molecule has 2 aromatic rings. The van der Waals surface area contributed by atoms with Gasteiger partial charge in [-0.25, -0.2) is 4.98 Å². The number of thioether (sulfide) groups is 1. The summed E-state index contributed by atoms with van der Waals surface area (Å²) < 4.78 is 1.57. The van der Waals surface area contributed by atoms with E-state index in [-0.39, 0.29) is 16.7 Å². The van der Waals surface area contributed by atoms with Crippen LogP contribution in [-0.4, -0.2) is 38.7 Å². The van der Waals surface area contributed by atoms with Gasteiger partial charge >= 0.3 is 0 Å². The summed E-state index contributed by atoms with van der Waals surface area (Å²) in [5, 5.41) is 1.23. The maximum Gasteiger partial charge on any atom is 0.262 e. The van der Waals surface area contributed by atoms with Crippen LogP contribution in [0.3, 0.4) is 0 Å². The number of hydrogen-bond donors (Lipinski definition) is 0. The van der Waals surface area contributed by atoms with Crippen molar-refractivity contribution < 1.29 is 4.79 Å². The molecule has 1 aromatic carbocycles. The Morgan fingerprint density at radius 2 is 2.15 bits per heavy atom. The number of carbonyl (C=O) groups is 1. The Morgan fingerprint density at radius 1 is 1.44 bits per heavy atom. The summed E-state index contributed by atoms with van der Waals surface area (Å²) in [5.74, 6) is 0.763. The van der Waals surface area contributed by atoms with E-state index in [2.05, 4.69) is 18.5 Å². The topological polar surface area (TPSA) is 55.2 Å². The third-order valence-corrected chi connectivity index (χ3v) is 6.23. The molecule has 144 valence electrons. The highest BCUT2D eigenvalue weighted by Gasteiger charge is 2.26. The minimum absolute atomic E-state index is 0.0949. The number of hydrogen-bond acceptors (Lipinski definition) is 4. The van der Waals surface area contributed by atoms with Crippen molar-refractivity contribution in [3.8, 4) is 0 Å². The summed E-state index contributed by atoms with van der Waals surface area (Å²) in [7, 11) is 0. The minimum Gasteiger partial charge on any atom is -0.342 e. The lowest BCUT2D eigenvalue weighted by Gasteiger charge is -2.32. The zero-order chi connectivity index (χ0) is 19.6. The van der Waals surface area contributed by atoms with Crippen LogP contribution in [0, 0.1) is 5.92 Å². The summed E-state index contributed by atoms with van der Waals surface area (Å²) in [6.45, 7) is 9.76. The van der Waals surface area contributed by atoms with Crippen LogP contribution in [0.1, 0.15) is 26.7 Å². The molecule has 1 fully saturated rings. The van der Waals surface area contributed by atoms with E-state index in [1.165, 1.54) is 11.8 Å². The van der Waals surface area contributed by atoms with Crippen molar-refractivity contribution in [2.45, 2.75) is 43.6 Å². The number of benzene rings is 1. The summed E-state index contributed by atoms with van der Waals surface area (Å²) in [5.41, 5.74) is 0.396. The van der Waals surface area contributed by atoms with Crippen LogP contribution in [-0.2, 0) is 11.3 Å². The number of halogens is 1. The van der Waals surface area contributed by atoms with E-state index in [4.69, 9.17) is 11.6 Å². The SMILES string of the molecule is C=CCn1c(SC(C)C(=O)N2CCC(C)CC2)nc2cc(Cl)ccc2c1=O. The quantitative estimate of drug-likeness (QED) is 0.429. The van der Waals surface area contributed by atoms with Gasteiger partial charge in [0.05, 0.1) is 16.2 Å². The Balaban J connectivity index is 1.90. The molecule has 7 heteroatoms. The first-order valence-electron chi connectivity index (χ1n) is 9.17. The molecule has 1 aromatic heterocycles. The Bertz CT molecular complexity index is 919. The van der Waals surface area contributed by atoms with Gasteiger partial charge in [0.1, 0.15) is 0 Å². The monoisotopic (exact) mass is 405 g/mol. The first-order valence-corrected chi connectivity index (χ1v) is 10.4. The van der Waals surface area contributed by atoms with E-state index < -0.39 is 0 Å². The summed E-state index contributed by atoms with van der Waals surface area (Å²) in [6, 6.07) is 5.05. The number of piperidine rings is 1. The molecule has 5 nitrogen and oxygen atoms in total. The van der Waals surface area contributed by atoms with Gasteiger partial charge in [-0.15, -0.1) is 6.58 Å². The second kappa shape index (κ2) is 8.48. The molecule has 1 atom stereocenters. The molecule has 1 aliphatic rings. The van der Waals surface area contributed by atoms with E-state index in [9.17, 15) is 9.59 Å². The minimum atomic E-state index is -0.321. The molecule has 0 N–H and O–H groups in total.